The van der Waals surface area contributed by atoms with Gasteiger partial charge in [-0.15, -0.1) is 0 Å². The highest BCUT2D eigenvalue weighted by Gasteiger charge is 2.41. The standard InChI is InChI=1S/C31H27BrFN3O2/c1-18-14-20(17-38-22-12-10-21(32)11-13-22)19(2)23(15-18)29-24(16-34)31(35)36(26-7-4-3-6-25(26)33)27-8-5-9-28(37)30(27)29/h3-4,6-7,10-15,29H,5,8-9,17,35H2,1-2H3. The van der Waals surface area contributed by atoms with E-state index >= 15 is 0 Å². The Kier molecular flexibility index (Phi) is 7.09. The smallest absolute Gasteiger partial charge is 0.161 e. The summed E-state index contributed by atoms with van der Waals surface area (Å²) in [4.78, 5) is 15.1. The predicted molar refractivity (Wildman–Crippen MR) is 149 cm³/mol. The van der Waals surface area contributed by atoms with Gasteiger partial charge in [-0.3, -0.25) is 9.69 Å². The second-order valence-electron chi connectivity index (χ2n) is 9.65. The molecule has 7 heteroatoms. The summed E-state index contributed by atoms with van der Waals surface area (Å²) in [7, 11) is 0. The zero-order valence-electron chi connectivity index (χ0n) is 21.2. The van der Waals surface area contributed by atoms with Crippen LogP contribution in [0.15, 0.2) is 87.8 Å². The van der Waals surface area contributed by atoms with E-state index in [9.17, 15) is 14.4 Å². The van der Waals surface area contributed by atoms with Crippen molar-refractivity contribution in [3.8, 4) is 11.8 Å². The Hall–Kier alpha value is -3.89. The van der Waals surface area contributed by atoms with Crippen LogP contribution < -0.4 is 15.4 Å². The minimum Gasteiger partial charge on any atom is -0.489 e. The van der Waals surface area contributed by atoms with E-state index in [1.807, 2.05) is 44.2 Å². The number of halogens is 2. The van der Waals surface area contributed by atoms with Gasteiger partial charge in [0, 0.05) is 22.2 Å². The van der Waals surface area contributed by atoms with Crippen LogP contribution in [0.3, 0.4) is 0 Å². The van der Waals surface area contributed by atoms with E-state index in [4.69, 9.17) is 10.5 Å². The summed E-state index contributed by atoms with van der Waals surface area (Å²) >= 11 is 3.44. The summed E-state index contributed by atoms with van der Waals surface area (Å²) < 4.78 is 22.0. The molecular formula is C31H27BrFN3O2. The number of hydrogen-bond donors (Lipinski definition) is 1. The first-order valence-corrected chi connectivity index (χ1v) is 13.3. The lowest BCUT2D eigenvalue weighted by atomic mass is 9.73. The lowest BCUT2D eigenvalue weighted by Crippen LogP contribution is -2.39. The lowest BCUT2D eigenvalue weighted by Gasteiger charge is -2.40. The van der Waals surface area contributed by atoms with Crippen molar-refractivity contribution in [2.45, 2.75) is 45.6 Å². The fourth-order valence-electron chi connectivity index (χ4n) is 5.41. The summed E-state index contributed by atoms with van der Waals surface area (Å²) in [5.74, 6) is -0.230. The first-order chi connectivity index (χ1) is 18.3. The minimum atomic E-state index is -0.628. The maximum Gasteiger partial charge on any atom is 0.161 e. The molecule has 0 aromatic heterocycles. The van der Waals surface area contributed by atoms with Gasteiger partial charge in [0.05, 0.1) is 23.2 Å². The van der Waals surface area contributed by atoms with Gasteiger partial charge in [-0.05, 0) is 79.8 Å². The highest BCUT2D eigenvalue weighted by molar-refractivity contribution is 9.10. The Labute approximate surface area is 230 Å². The number of carbonyl (C=O) groups excluding carboxylic acids is 1. The van der Waals surface area contributed by atoms with Crippen molar-refractivity contribution < 1.29 is 13.9 Å². The Morgan fingerprint density at radius 2 is 1.87 bits per heavy atom. The highest BCUT2D eigenvalue weighted by atomic mass is 79.9. The van der Waals surface area contributed by atoms with Crippen LogP contribution in [0.2, 0.25) is 0 Å². The maximum atomic E-state index is 14.9. The first kappa shape index (κ1) is 25.7. The van der Waals surface area contributed by atoms with Gasteiger partial charge in [-0.1, -0.05) is 45.8 Å². The van der Waals surface area contributed by atoms with Crippen molar-refractivity contribution in [2.24, 2.45) is 5.73 Å². The van der Waals surface area contributed by atoms with E-state index in [2.05, 4.69) is 28.1 Å². The number of carbonyl (C=O) groups is 1. The Bertz CT molecular complexity index is 1540. The molecule has 3 aromatic carbocycles. The van der Waals surface area contributed by atoms with E-state index in [0.717, 1.165) is 32.5 Å². The van der Waals surface area contributed by atoms with E-state index in [0.29, 0.717) is 37.1 Å². The molecule has 5 rings (SSSR count). The molecule has 5 nitrogen and oxygen atoms in total. The normalized spacial score (nSPS) is 17.4. The van der Waals surface area contributed by atoms with Crippen molar-refractivity contribution in [3.63, 3.8) is 0 Å². The molecule has 0 saturated carbocycles. The van der Waals surface area contributed by atoms with Gasteiger partial charge in [0.2, 0.25) is 0 Å². The number of Topliss-reactive ketones (excluding diaryl/α,β-unsaturated/α-hetero) is 1. The number of allylic oxidation sites excluding steroid dienone is 3. The molecule has 192 valence electrons. The third-order valence-electron chi connectivity index (χ3n) is 7.23. The predicted octanol–water partition coefficient (Wildman–Crippen LogP) is 7.09. The second-order valence-corrected chi connectivity index (χ2v) is 10.6. The summed E-state index contributed by atoms with van der Waals surface area (Å²) in [6.07, 6.45) is 1.59. The number of nitrogens with zero attached hydrogens (tertiary/aromatic N) is 2. The summed E-state index contributed by atoms with van der Waals surface area (Å²) in [5.41, 5.74) is 12.0. The van der Waals surface area contributed by atoms with Crippen molar-refractivity contribution >= 4 is 27.4 Å². The van der Waals surface area contributed by atoms with E-state index < -0.39 is 11.7 Å². The number of anilines is 1. The van der Waals surface area contributed by atoms with Crippen LogP contribution in [0.5, 0.6) is 5.75 Å². The number of nitriles is 1. The number of ether oxygens (including phenoxy) is 1. The van der Waals surface area contributed by atoms with Crippen molar-refractivity contribution in [1.29, 1.82) is 5.26 Å². The molecule has 1 heterocycles. The molecular weight excluding hydrogens is 545 g/mol. The first-order valence-electron chi connectivity index (χ1n) is 12.5. The van der Waals surface area contributed by atoms with E-state index in [1.54, 1.807) is 23.1 Å². The molecule has 3 aromatic rings. The minimum absolute atomic E-state index is 0.0357. The maximum absolute atomic E-state index is 14.9. The SMILES string of the molecule is Cc1cc(COc2ccc(Br)cc2)c(C)c(C2C(C#N)=C(N)N(c3ccccc3F)C3=C2C(=O)CCC3)c1. The van der Waals surface area contributed by atoms with Crippen molar-refractivity contribution in [1.82, 2.24) is 0 Å². The molecule has 0 bridgehead atoms. The number of para-hydroxylation sites is 1. The third kappa shape index (κ3) is 4.61. The number of benzene rings is 3. The van der Waals surface area contributed by atoms with Crippen LogP contribution in [-0.2, 0) is 11.4 Å². The van der Waals surface area contributed by atoms with E-state index in [-0.39, 0.29) is 22.9 Å². The van der Waals surface area contributed by atoms with Gasteiger partial charge in [0.25, 0.3) is 0 Å². The van der Waals surface area contributed by atoms with Gasteiger partial charge in [0.1, 0.15) is 24.0 Å². The molecule has 0 fully saturated rings. The van der Waals surface area contributed by atoms with Gasteiger partial charge in [-0.25, -0.2) is 4.39 Å². The van der Waals surface area contributed by atoms with E-state index in [1.165, 1.54) is 6.07 Å². The van der Waals surface area contributed by atoms with Crippen molar-refractivity contribution in [3.05, 3.63) is 116 Å². The van der Waals surface area contributed by atoms with Crippen LogP contribution in [0.1, 0.15) is 47.4 Å². The molecule has 0 spiro atoms. The quantitative estimate of drug-likeness (QED) is 0.353. The fourth-order valence-corrected chi connectivity index (χ4v) is 5.68. The highest BCUT2D eigenvalue weighted by Crippen LogP contribution is 2.47. The van der Waals surface area contributed by atoms with Gasteiger partial charge >= 0.3 is 0 Å². The molecule has 1 atom stereocenters. The van der Waals surface area contributed by atoms with Gasteiger partial charge < -0.3 is 10.5 Å². The fraction of sp³-hybridized carbons (Fsp3) is 0.226. The largest absolute Gasteiger partial charge is 0.489 e. The molecule has 0 radical (unpaired) electrons. The number of hydrogen-bond acceptors (Lipinski definition) is 5. The lowest BCUT2D eigenvalue weighted by molar-refractivity contribution is -0.116. The summed E-state index contributed by atoms with van der Waals surface area (Å²) in [5, 5.41) is 10.3. The molecule has 1 unspecified atom stereocenters. The molecule has 1 aliphatic carbocycles. The molecule has 1 aliphatic heterocycles. The Balaban J connectivity index is 1.64. The average molecular weight is 572 g/mol. The monoisotopic (exact) mass is 571 g/mol. The number of ketones is 1. The molecule has 0 saturated heterocycles. The van der Waals surface area contributed by atoms with Crippen LogP contribution in [0.25, 0.3) is 0 Å². The zero-order valence-corrected chi connectivity index (χ0v) is 22.8. The third-order valence-corrected chi connectivity index (χ3v) is 7.75. The van der Waals surface area contributed by atoms with Gasteiger partial charge in [-0.2, -0.15) is 5.26 Å². The average Bonchev–Trinajstić information content (AvgIpc) is 2.90. The molecule has 38 heavy (non-hydrogen) atoms. The van der Waals surface area contributed by atoms with Crippen molar-refractivity contribution in [2.75, 3.05) is 4.90 Å². The Morgan fingerprint density at radius 1 is 1.13 bits per heavy atom. The number of nitrogens with two attached hydrogens (primary N) is 1. The topological polar surface area (TPSA) is 79.3 Å². The number of rotatable bonds is 5. The molecule has 2 N–H and O–H groups in total. The second kappa shape index (κ2) is 10.5. The van der Waals surface area contributed by atoms with Crippen LogP contribution in [0.4, 0.5) is 10.1 Å². The van der Waals surface area contributed by atoms with Crippen LogP contribution >= 0.6 is 15.9 Å². The number of aryl methyl sites for hydroxylation is 1. The zero-order chi connectivity index (χ0) is 27.0. The van der Waals surface area contributed by atoms with Crippen LogP contribution in [-0.4, -0.2) is 5.78 Å². The summed E-state index contributed by atoms with van der Waals surface area (Å²) in [6.45, 7) is 4.30. The van der Waals surface area contributed by atoms with Crippen LogP contribution in [0, 0.1) is 31.0 Å². The Morgan fingerprint density at radius 3 is 2.58 bits per heavy atom. The molecule has 2 aliphatic rings. The summed E-state index contributed by atoms with van der Waals surface area (Å²) in [6, 6.07) is 20.3. The van der Waals surface area contributed by atoms with Gasteiger partial charge in [0.15, 0.2) is 5.78 Å². The molecule has 0 amide bonds.